The van der Waals surface area contributed by atoms with E-state index in [1.807, 2.05) is 13.0 Å². The Morgan fingerprint density at radius 2 is 1.82 bits per heavy atom. The van der Waals surface area contributed by atoms with Crippen LogP contribution in [0.2, 0.25) is 0 Å². The highest BCUT2D eigenvalue weighted by atomic mass is 32.2. The van der Waals surface area contributed by atoms with Crippen molar-refractivity contribution in [1.82, 2.24) is 5.06 Å². The van der Waals surface area contributed by atoms with Gasteiger partial charge in [-0.25, -0.2) is 0 Å². The van der Waals surface area contributed by atoms with Crippen LogP contribution in [0.25, 0.3) is 10.8 Å². The van der Waals surface area contributed by atoms with Crippen LogP contribution in [0.3, 0.4) is 0 Å². The van der Waals surface area contributed by atoms with Crippen LogP contribution in [0.1, 0.15) is 27.6 Å². The van der Waals surface area contributed by atoms with Gasteiger partial charge in [0.25, 0.3) is 21.9 Å². The molecule has 1 aliphatic heterocycles. The molecule has 8 nitrogen and oxygen atoms in total. The van der Waals surface area contributed by atoms with Crippen molar-refractivity contribution in [3.8, 4) is 0 Å². The smallest absolute Gasteiger partial charge is 0.286 e. The van der Waals surface area contributed by atoms with Crippen LogP contribution in [0.15, 0.2) is 35.2 Å². The van der Waals surface area contributed by atoms with E-state index < -0.39 is 21.9 Å². The Bertz CT molecular complexity index is 1020. The Labute approximate surface area is 166 Å². The zero-order valence-corrected chi connectivity index (χ0v) is 17.0. The van der Waals surface area contributed by atoms with Crippen LogP contribution in [0, 0.1) is 0 Å². The number of ether oxygens (including phenoxy) is 2. The molecule has 0 aliphatic carbocycles. The number of benzene rings is 2. The van der Waals surface area contributed by atoms with Gasteiger partial charge in [-0.2, -0.15) is 8.42 Å². The summed E-state index contributed by atoms with van der Waals surface area (Å²) >= 11 is 1.47. The maximum atomic E-state index is 12.8. The van der Waals surface area contributed by atoms with Crippen molar-refractivity contribution < 1.29 is 31.8 Å². The Kier molecular flexibility index (Phi) is 6.36. The average Bonchev–Trinajstić information content (AvgIpc) is 2.65. The fourth-order valence-electron chi connectivity index (χ4n) is 2.76. The molecule has 0 aromatic heterocycles. The molecule has 0 spiro atoms. The zero-order valence-electron chi connectivity index (χ0n) is 15.3. The van der Waals surface area contributed by atoms with E-state index in [1.54, 1.807) is 18.2 Å². The summed E-state index contributed by atoms with van der Waals surface area (Å²) in [7, 11) is -4.05. The van der Waals surface area contributed by atoms with Crippen LogP contribution in [0.4, 0.5) is 0 Å². The van der Waals surface area contributed by atoms with E-state index in [0.717, 1.165) is 11.2 Å². The molecule has 2 aromatic rings. The molecule has 0 unspecified atom stereocenters. The minimum absolute atomic E-state index is 0.215. The molecule has 2 aromatic carbocycles. The van der Waals surface area contributed by atoms with Gasteiger partial charge >= 0.3 is 0 Å². The predicted molar refractivity (Wildman–Crippen MR) is 104 cm³/mol. The maximum Gasteiger partial charge on any atom is 0.286 e. The maximum absolute atomic E-state index is 12.8. The third-order valence-corrected chi connectivity index (χ3v) is 5.22. The van der Waals surface area contributed by atoms with Gasteiger partial charge in [0.05, 0.1) is 24.0 Å². The summed E-state index contributed by atoms with van der Waals surface area (Å²) in [5.41, 5.74) is 0.432. The second-order valence-electron chi connectivity index (χ2n) is 5.93. The molecule has 1 aliphatic rings. The summed E-state index contributed by atoms with van der Waals surface area (Å²) < 4.78 is 38.0. The van der Waals surface area contributed by atoms with Crippen LogP contribution in [-0.4, -0.2) is 57.3 Å². The van der Waals surface area contributed by atoms with E-state index in [1.165, 1.54) is 17.8 Å². The highest BCUT2D eigenvalue weighted by Crippen LogP contribution is 2.34. The first kappa shape index (κ1) is 20.7. The first-order chi connectivity index (χ1) is 13.3. The van der Waals surface area contributed by atoms with E-state index >= 15 is 0 Å². The highest BCUT2D eigenvalue weighted by Gasteiger charge is 2.36. The number of hydrogen-bond acceptors (Lipinski definition) is 8. The van der Waals surface area contributed by atoms with Gasteiger partial charge in [-0.3, -0.25) is 9.59 Å². The van der Waals surface area contributed by atoms with Crippen LogP contribution in [-0.2, 0) is 23.9 Å². The van der Waals surface area contributed by atoms with Crippen LogP contribution in [0.5, 0.6) is 0 Å². The summed E-state index contributed by atoms with van der Waals surface area (Å²) in [5, 5.41) is 1.50. The summed E-state index contributed by atoms with van der Waals surface area (Å²) in [6, 6.07) is 8.52. The lowest BCUT2D eigenvalue weighted by atomic mass is 9.95. The molecule has 10 heteroatoms. The van der Waals surface area contributed by atoms with Crippen molar-refractivity contribution in [3.05, 3.63) is 41.5 Å². The molecule has 0 radical (unpaired) electrons. The summed E-state index contributed by atoms with van der Waals surface area (Å²) in [5.74, 6) is -0.985. The molecule has 150 valence electrons. The second kappa shape index (κ2) is 8.58. The van der Waals surface area contributed by atoms with Crippen LogP contribution < -0.4 is 0 Å². The van der Waals surface area contributed by atoms with Gasteiger partial charge in [0.1, 0.15) is 6.79 Å². The third-order valence-electron chi connectivity index (χ3n) is 3.86. The van der Waals surface area contributed by atoms with Crippen molar-refractivity contribution in [2.24, 2.45) is 0 Å². The SMILES string of the molecule is CCOCOCCSc1cc2c3c(cccc3c1)C(=O)N(OS(C)(=O)=O)C2=O. The summed E-state index contributed by atoms with van der Waals surface area (Å²) in [6.07, 6.45) is 0.776. The number of hydrogen-bond donors (Lipinski definition) is 0. The topological polar surface area (TPSA) is 99.2 Å². The lowest BCUT2D eigenvalue weighted by Gasteiger charge is -2.25. The van der Waals surface area contributed by atoms with Crippen molar-refractivity contribution >= 4 is 44.5 Å². The number of hydroxylamine groups is 2. The number of carbonyl (C=O) groups is 2. The fourth-order valence-corrected chi connectivity index (χ4v) is 4.02. The number of rotatable bonds is 9. The number of imide groups is 1. The van der Waals surface area contributed by atoms with Gasteiger partial charge in [-0.1, -0.05) is 12.1 Å². The van der Waals surface area contributed by atoms with Gasteiger partial charge in [0, 0.05) is 22.6 Å². The van der Waals surface area contributed by atoms with E-state index in [4.69, 9.17) is 9.47 Å². The normalized spacial score (nSPS) is 14.1. The number of thioether (sulfide) groups is 1. The van der Waals surface area contributed by atoms with Gasteiger partial charge in [-0.15, -0.1) is 21.1 Å². The lowest BCUT2D eigenvalue weighted by molar-refractivity contribution is -0.0435. The standard InChI is InChI=1S/C18H19NO7S2/c1-3-24-11-25-7-8-27-13-9-12-5-4-6-14-16(12)15(10-13)18(21)19(17(14)20)26-28(2,22)23/h4-6,9-10H,3,7-8,11H2,1-2H3. The minimum atomic E-state index is -4.05. The molecule has 0 bridgehead atoms. The second-order valence-corrected chi connectivity index (χ2v) is 8.65. The molecule has 1 heterocycles. The minimum Gasteiger partial charge on any atom is -0.356 e. The molecule has 3 rings (SSSR count). The van der Waals surface area contributed by atoms with Gasteiger partial charge in [0.2, 0.25) is 0 Å². The molecule has 0 N–H and O–H groups in total. The van der Waals surface area contributed by atoms with Gasteiger partial charge in [0.15, 0.2) is 0 Å². The Hall–Kier alpha value is -1.98. The van der Waals surface area contributed by atoms with Gasteiger partial charge in [-0.05, 0) is 30.5 Å². The first-order valence-electron chi connectivity index (χ1n) is 8.45. The van der Waals surface area contributed by atoms with Crippen LogP contribution >= 0.6 is 11.8 Å². The Balaban J connectivity index is 1.89. The number of carbonyl (C=O) groups excluding carboxylic acids is 2. The van der Waals surface area contributed by atoms with Crippen molar-refractivity contribution in [3.63, 3.8) is 0 Å². The largest absolute Gasteiger partial charge is 0.356 e. The molecule has 0 saturated carbocycles. The molecule has 0 saturated heterocycles. The number of nitrogens with zero attached hydrogens (tertiary/aromatic N) is 1. The van der Waals surface area contributed by atoms with E-state index in [0.29, 0.717) is 34.8 Å². The van der Waals surface area contributed by atoms with Crippen molar-refractivity contribution in [1.29, 1.82) is 0 Å². The first-order valence-corrected chi connectivity index (χ1v) is 11.3. The Morgan fingerprint density at radius 3 is 2.54 bits per heavy atom. The van der Waals surface area contributed by atoms with Gasteiger partial charge < -0.3 is 9.47 Å². The average molecular weight is 425 g/mol. The summed E-state index contributed by atoms with van der Waals surface area (Å²) in [6.45, 7) is 3.15. The molecular formula is C18H19NO7S2. The van der Waals surface area contributed by atoms with E-state index in [9.17, 15) is 18.0 Å². The molecule has 0 atom stereocenters. The zero-order chi connectivity index (χ0) is 20.3. The molecule has 2 amide bonds. The molecular weight excluding hydrogens is 406 g/mol. The van der Waals surface area contributed by atoms with E-state index in [-0.39, 0.29) is 17.9 Å². The van der Waals surface area contributed by atoms with Crippen molar-refractivity contribution in [2.45, 2.75) is 11.8 Å². The van der Waals surface area contributed by atoms with E-state index in [2.05, 4.69) is 4.28 Å². The third kappa shape index (κ3) is 4.53. The molecule has 28 heavy (non-hydrogen) atoms. The Morgan fingerprint density at radius 1 is 1.07 bits per heavy atom. The molecule has 0 fully saturated rings. The fraction of sp³-hybridized carbons (Fsp3) is 0.333. The quantitative estimate of drug-likeness (QED) is 0.261. The number of amides is 2. The lowest BCUT2D eigenvalue weighted by Crippen LogP contribution is -2.41. The highest BCUT2D eigenvalue weighted by molar-refractivity contribution is 7.99. The van der Waals surface area contributed by atoms with Crippen molar-refractivity contribution in [2.75, 3.05) is 32.0 Å². The predicted octanol–water partition coefficient (Wildman–Crippen LogP) is 2.43. The monoisotopic (exact) mass is 425 g/mol. The summed E-state index contributed by atoms with van der Waals surface area (Å²) in [4.78, 5) is 26.1.